The molecule has 6 heteroatoms. The molecule has 0 aromatic carbocycles. The Hall–Kier alpha value is -3.93. The van der Waals surface area contributed by atoms with Gasteiger partial charge in [-0.25, -0.2) is 0 Å². The Morgan fingerprint density at radius 2 is 0.631 bits per heavy atom. The molecule has 0 aliphatic heterocycles. The number of carbonyl (C=O) groups excluding carboxylic acids is 3. The highest BCUT2D eigenvalue weighted by molar-refractivity contribution is 5.71. The smallest absolute Gasteiger partial charge is 0.306 e. The zero-order valence-electron chi connectivity index (χ0n) is 42.0. The highest BCUT2D eigenvalue weighted by atomic mass is 16.6. The van der Waals surface area contributed by atoms with Gasteiger partial charge in [0, 0.05) is 19.3 Å². The van der Waals surface area contributed by atoms with Crippen LogP contribution in [0, 0.1) is 0 Å². The van der Waals surface area contributed by atoms with E-state index in [0.29, 0.717) is 19.3 Å². The number of rotatable bonds is 46. The molecule has 0 radical (unpaired) electrons. The van der Waals surface area contributed by atoms with Gasteiger partial charge in [-0.3, -0.25) is 14.4 Å². The SMILES string of the molecule is CC/C=C\C/C=C\C/C=C\C/C=C\C/C=C\CCCCCCCC(=O)OCC(COC(=O)CCCCCCCCCCCCCCC)OC(=O)CC/C=C\C/C=C\C/C=C\C/C=C\CC. The Morgan fingerprint density at radius 3 is 1.00 bits per heavy atom. The number of ether oxygens (including phenoxy) is 3. The van der Waals surface area contributed by atoms with Gasteiger partial charge in [0.2, 0.25) is 0 Å². The molecule has 0 saturated carbocycles. The van der Waals surface area contributed by atoms with E-state index in [1.165, 1.54) is 64.2 Å². The van der Waals surface area contributed by atoms with E-state index < -0.39 is 12.1 Å². The van der Waals surface area contributed by atoms with Crippen molar-refractivity contribution in [3.8, 4) is 0 Å². The minimum absolute atomic E-state index is 0.113. The maximum atomic E-state index is 12.8. The molecule has 0 heterocycles. The molecule has 0 rings (SSSR count). The van der Waals surface area contributed by atoms with Gasteiger partial charge >= 0.3 is 17.9 Å². The highest BCUT2D eigenvalue weighted by Gasteiger charge is 2.19. The average Bonchev–Trinajstić information content (AvgIpc) is 3.30. The molecular weight excluding hydrogens is 805 g/mol. The predicted molar refractivity (Wildman–Crippen MR) is 279 cm³/mol. The van der Waals surface area contributed by atoms with E-state index in [1.807, 2.05) is 12.2 Å². The second-order valence-electron chi connectivity index (χ2n) is 17.0. The topological polar surface area (TPSA) is 78.9 Å². The van der Waals surface area contributed by atoms with Crippen molar-refractivity contribution in [3.05, 3.63) is 109 Å². The third-order valence-corrected chi connectivity index (χ3v) is 10.8. The van der Waals surface area contributed by atoms with Crippen LogP contribution in [0.25, 0.3) is 0 Å². The zero-order valence-corrected chi connectivity index (χ0v) is 42.0. The first-order valence-electron chi connectivity index (χ1n) is 26.4. The van der Waals surface area contributed by atoms with E-state index in [0.717, 1.165) is 116 Å². The Bertz CT molecular complexity index is 1360. The summed E-state index contributed by atoms with van der Waals surface area (Å²) in [6.07, 6.45) is 70.9. The molecule has 0 fully saturated rings. The van der Waals surface area contributed by atoms with Gasteiger partial charge in [-0.15, -0.1) is 0 Å². The van der Waals surface area contributed by atoms with E-state index >= 15 is 0 Å². The molecule has 6 nitrogen and oxygen atoms in total. The first-order chi connectivity index (χ1) is 32.0. The average molecular weight is 901 g/mol. The molecule has 368 valence electrons. The highest BCUT2D eigenvalue weighted by Crippen LogP contribution is 2.14. The molecule has 0 aromatic heterocycles. The van der Waals surface area contributed by atoms with Gasteiger partial charge < -0.3 is 14.2 Å². The van der Waals surface area contributed by atoms with Gasteiger partial charge in [0.25, 0.3) is 0 Å². The fraction of sp³-hybridized carbons (Fsp3) is 0.644. The van der Waals surface area contributed by atoms with Crippen LogP contribution in [0.4, 0.5) is 0 Å². The van der Waals surface area contributed by atoms with Crippen molar-refractivity contribution in [2.24, 2.45) is 0 Å². The van der Waals surface area contributed by atoms with Gasteiger partial charge in [0.1, 0.15) is 13.2 Å². The van der Waals surface area contributed by atoms with Crippen LogP contribution in [0.5, 0.6) is 0 Å². The van der Waals surface area contributed by atoms with E-state index in [4.69, 9.17) is 14.2 Å². The number of hydrogen-bond acceptors (Lipinski definition) is 6. The molecule has 0 aliphatic rings. The molecule has 0 spiro atoms. The van der Waals surface area contributed by atoms with E-state index in [9.17, 15) is 14.4 Å². The molecule has 0 bridgehead atoms. The minimum atomic E-state index is -0.824. The second kappa shape index (κ2) is 52.7. The van der Waals surface area contributed by atoms with Gasteiger partial charge in [-0.05, 0) is 89.9 Å². The molecule has 0 saturated heterocycles. The molecule has 0 amide bonds. The first-order valence-corrected chi connectivity index (χ1v) is 26.4. The van der Waals surface area contributed by atoms with Crippen molar-refractivity contribution in [2.75, 3.05) is 13.2 Å². The molecule has 65 heavy (non-hydrogen) atoms. The lowest BCUT2D eigenvalue weighted by molar-refractivity contribution is -0.166. The second-order valence-corrected chi connectivity index (χ2v) is 17.0. The number of hydrogen-bond donors (Lipinski definition) is 0. The molecule has 0 aromatic rings. The maximum Gasteiger partial charge on any atom is 0.306 e. The lowest BCUT2D eigenvalue weighted by atomic mass is 10.0. The van der Waals surface area contributed by atoms with Gasteiger partial charge in [-0.2, -0.15) is 0 Å². The summed E-state index contributed by atoms with van der Waals surface area (Å²) in [5.74, 6) is -1.02. The third-order valence-electron chi connectivity index (χ3n) is 10.8. The summed E-state index contributed by atoms with van der Waals surface area (Å²) in [4.78, 5) is 38.0. The molecular formula is C59H96O6. The van der Waals surface area contributed by atoms with E-state index in [1.54, 1.807) is 0 Å². The number of carbonyl (C=O) groups is 3. The Kier molecular flexibility index (Phi) is 49.5. The summed E-state index contributed by atoms with van der Waals surface area (Å²) in [5.41, 5.74) is 0. The van der Waals surface area contributed by atoms with Gasteiger partial charge in [0.15, 0.2) is 6.10 Å². The zero-order chi connectivity index (χ0) is 47.2. The number of allylic oxidation sites excluding steroid dienone is 18. The van der Waals surface area contributed by atoms with Gasteiger partial charge in [-0.1, -0.05) is 226 Å². The summed E-state index contributed by atoms with van der Waals surface area (Å²) < 4.78 is 16.7. The van der Waals surface area contributed by atoms with Crippen LogP contribution in [0.3, 0.4) is 0 Å². The lowest BCUT2D eigenvalue weighted by Gasteiger charge is -2.18. The van der Waals surface area contributed by atoms with Crippen LogP contribution >= 0.6 is 0 Å². The molecule has 1 unspecified atom stereocenters. The standard InChI is InChI=1S/C59H96O6/c1-4-7-10-13-16-19-22-25-26-27-28-29-30-31-32-35-37-40-43-46-49-52-58(61)64-55-56(65-59(62)53-50-47-44-41-38-34-24-21-18-15-12-9-6-3)54-63-57(60)51-48-45-42-39-36-33-23-20-17-14-11-8-5-2/h7,9-10,12,16,18-19,21,25-26,28-29,31-32,34,38,44,47,56H,4-6,8,11,13-15,17,20,22-24,27,30,33,35-37,39-43,45-46,48-55H2,1-3H3/b10-7-,12-9-,19-16-,21-18-,26-25-,29-28-,32-31-,38-34-,47-44-. The van der Waals surface area contributed by atoms with Crippen LogP contribution in [-0.2, 0) is 28.6 Å². The largest absolute Gasteiger partial charge is 0.462 e. The summed E-state index contributed by atoms with van der Waals surface area (Å²) in [5, 5.41) is 0. The predicted octanol–water partition coefficient (Wildman–Crippen LogP) is 17.5. The van der Waals surface area contributed by atoms with Crippen LogP contribution in [0.2, 0.25) is 0 Å². The summed E-state index contributed by atoms with van der Waals surface area (Å²) in [6, 6.07) is 0. The quantitative estimate of drug-likeness (QED) is 0.0262. The summed E-state index contributed by atoms with van der Waals surface area (Å²) in [6.45, 7) is 6.32. The minimum Gasteiger partial charge on any atom is -0.462 e. The molecule has 0 aliphatic carbocycles. The van der Waals surface area contributed by atoms with Crippen molar-refractivity contribution in [1.29, 1.82) is 0 Å². The van der Waals surface area contributed by atoms with Crippen LogP contribution in [0.15, 0.2) is 109 Å². The lowest BCUT2D eigenvalue weighted by Crippen LogP contribution is -2.30. The maximum absolute atomic E-state index is 12.8. The normalized spacial score (nSPS) is 13.0. The Morgan fingerprint density at radius 1 is 0.323 bits per heavy atom. The first kappa shape index (κ1) is 61.1. The van der Waals surface area contributed by atoms with Crippen molar-refractivity contribution >= 4 is 17.9 Å². The monoisotopic (exact) mass is 901 g/mol. The molecule has 0 N–H and O–H groups in total. The van der Waals surface area contributed by atoms with Crippen molar-refractivity contribution in [1.82, 2.24) is 0 Å². The Balaban J connectivity index is 4.47. The van der Waals surface area contributed by atoms with E-state index in [2.05, 4.69) is 118 Å². The van der Waals surface area contributed by atoms with Crippen LogP contribution < -0.4 is 0 Å². The third kappa shape index (κ3) is 50.9. The van der Waals surface area contributed by atoms with Crippen molar-refractivity contribution in [2.45, 2.75) is 232 Å². The van der Waals surface area contributed by atoms with Gasteiger partial charge in [0.05, 0.1) is 0 Å². The van der Waals surface area contributed by atoms with Crippen molar-refractivity contribution in [3.63, 3.8) is 0 Å². The fourth-order valence-electron chi connectivity index (χ4n) is 6.89. The fourth-order valence-corrected chi connectivity index (χ4v) is 6.89. The summed E-state index contributed by atoms with van der Waals surface area (Å²) >= 11 is 0. The van der Waals surface area contributed by atoms with Crippen LogP contribution in [0.1, 0.15) is 226 Å². The molecule has 1 atom stereocenters. The number of esters is 3. The Labute approximate surface area is 400 Å². The summed E-state index contributed by atoms with van der Waals surface area (Å²) in [7, 11) is 0. The van der Waals surface area contributed by atoms with E-state index in [-0.39, 0.29) is 31.6 Å². The number of unbranched alkanes of at least 4 members (excludes halogenated alkanes) is 17. The van der Waals surface area contributed by atoms with Crippen molar-refractivity contribution < 1.29 is 28.6 Å². The van der Waals surface area contributed by atoms with Crippen LogP contribution in [-0.4, -0.2) is 37.2 Å².